The summed E-state index contributed by atoms with van der Waals surface area (Å²) in [5.74, 6) is -1.33. The van der Waals surface area contributed by atoms with Gasteiger partial charge in [0, 0.05) is 5.75 Å². The van der Waals surface area contributed by atoms with Crippen molar-refractivity contribution in [1.29, 1.82) is 0 Å². The molecule has 150 valence electrons. The van der Waals surface area contributed by atoms with Crippen molar-refractivity contribution in [2.75, 3.05) is 5.75 Å². The first-order chi connectivity index (χ1) is 14.1. The van der Waals surface area contributed by atoms with Crippen molar-refractivity contribution in [3.8, 4) is 0 Å². The van der Waals surface area contributed by atoms with Crippen LogP contribution in [0.2, 0.25) is 0 Å². The van der Waals surface area contributed by atoms with Gasteiger partial charge in [0.05, 0.1) is 5.92 Å². The van der Waals surface area contributed by atoms with E-state index < -0.39 is 17.9 Å². The minimum atomic E-state index is -1.02. The number of carbonyl (C=O) groups is 2. The predicted octanol–water partition coefficient (Wildman–Crippen LogP) is 4.13. The fourth-order valence-electron chi connectivity index (χ4n) is 3.39. The van der Waals surface area contributed by atoms with E-state index in [9.17, 15) is 14.7 Å². The third-order valence-electron chi connectivity index (χ3n) is 5.07. The first kappa shape index (κ1) is 20.9. The van der Waals surface area contributed by atoms with Crippen molar-refractivity contribution in [1.82, 2.24) is 5.32 Å². The molecule has 1 amide bonds. The standard InChI is InChI=1S/C24H25NO3S/c26-23(25-22(24(27)28)13-11-17-6-2-1-3-7-17)21(16-29)15-18-10-12-19-8-4-5-9-20(19)14-18/h1-10,12,14,21-22,29H,11,13,15-16H2,(H,25,26)(H,27,28). The largest absolute Gasteiger partial charge is 0.480 e. The Morgan fingerprint density at radius 2 is 1.59 bits per heavy atom. The molecule has 4 nitrogen and oxygen atoms in total. The van der Waals surface area contributed by atoms with Crippen LogP contribution in [-0.4, -0.2) is 28.8 Å². The van der Waals surface area contributed by atoms with E-state index in [1.54, 1.807) is 0 Å². The van der Waals surface area contributed by atoms with Gasteiger partial charge in [0.1, 0.15) is 6.04 Å². The number of amides is 1. The summed E-state index contributed by atoms with van der Waals surface area (Å²) in [4.78, 5) is 24.4. The summed E-state index contributed by atoms with van der Waals surface area (Å²) in [6.07, 6.45) is 1.46. The lowest BCUT2D eigenvalue weighted by atomic mass is 9.97. The van der Waals surface area contributed by atoms with Gasteiger partial charge in [0.2, 0.25) is 5.91 Å². The van der Waals surface area contributed by atoms with E-state index in [0.29, 0.717) is 25.0 Å². The number of nitrogens with one attached hydrogen (secondary N) is 1. The number of rotatable bonds is 9. The number of thiol groups is 1. The minimum Gasteiger partial charge on any atom is -0.480 e. The van der Waals surface area contributed by atoms with Crippen molar-refractivity contribution >= 4 is 35.3 Å². The van der Waals surface area contributed by atoms with Crippen LogP contribution in [-0.2, 0) is 22.4 Å². The monoisotopic (exact) mass is 407 g/mol. The van der Waals surface area contributed by atoms with Gasteiger partial charge in [-0.05, 0) is 41.2 Å². The van der Waals surface area contributed by atoms with Crippen molar-refractivity contribution in [2.24, 2.45) is 5.92 Å². The molecule has 2 N–H and O–H groups in total. The maximum Gasteiger partial charge on any atom is 0.326 e. The molecule has 0 aromatic heterocycles. The van der Waals surface area contributed by atoms with E-state index in [2.05, 4.69) is 24.0 Å². The lowest BCUT2D eigenvalue weighted by Crippen LogP contribution is -2.44. The van der Waals surface area contributed by atoms with E-state index >= 15 is 0 Å². The van der Waals surface area contributed by atoms with Crippen LogP contribution in [0.4, 0.5) is 0 Å². The molecule has 0 heterocycles. The van der Waals surface area contributed by atoms with Gasteiger partial charge < -0.3 is 10.4 Å². The van der Waals surface area contributed by atoms with Crippen LogP contribution in [0.3, 0.4) is 0 Å². The molecular weight excluding hydrogens is 382 g/mol. The average Bonchev–Trinajstić information content (AvgIpc) is 2.75. The third-order valence-corrected chi connectivity index (χ3v) is 5.51. The highest BCUT2D eigenvalue weighted by Gasteiger charge is 2.24. The average molecular weight is 408 g/mol. The lowest BCUT2D eigenvalue weighted by Gasteiger charge is -2.19. The SMILES string of the molecule is O=C(NC(CCc1ccccc1)C(=O)O)C(CS)Cc1ccc2ccccc2c1. The van der Waals surface area contributed by atoms with Crippen molar-refractivity contribution in [3.63, 3.8) is 0 Å². The van der Waals surface area contributed by atoms with Gasteiger partial charge in [0.15, 0.2) is 0 Å². The summed E-state index contributed by atoms with van der Waals surface area (Å²) in [6.45, 7) is 0. The Bertz CT molecular complexity index is 974. The Hall–Kier alpha value is -2.79. The van der Waals surface area contributed by atoms with E-state index in [4.69, 9.17) is 0 Å². The van der Waals surface area contributed by atoms with Gasteiger partial charge in [-0.2, -0.15) is 12.6 Å². The Labute approximate surface area is 176 Å². The summed E-state index contributed by atoms with van der Waals surface area (Å²) < 4.78 is 0. The fourth-order valence-corrected chi connectivity index (χ4v) is 3.69. The quantitative estimate of drug-likeness (QED) is 0.467. The molecule has 2 unspecified atom stereocenters. The second-order valence-corrected chi connectivity index (χ2v) is 7.55. The summed E-state index contributed by atoms with van der Waals surface area (Å²) in [5.41, 5.74) is 2.09. The van der Waals surface area contributed by atoms with Gasteiger partial charge in [-0.3, -0.25) is 4.79 Å². The summed E-state index contributed by atoms with van der Waals surface area (Å²) >= 11 is 4.33. The van der Waals surface area contributed by atoms with E-state index in [1.165, 1.54) is 0 Å². The molecule has 3 rings (SSSR count). The molecule has 5 heteroatoms. The molecule has 0 saturated heterocycles. The number of benzene rings is 3. The number of aliphatic carboxylic acids is 1. The highest BCUT2D eigenvalue weighted by atomic mass is 32.1. The Balaban J connectivity index is 1.64. The van der Waals surface area contributed by atoms with Crippen LogP contribution in [0.15, 0.2) is 72.8 Å². The molecule has 0 aliphatic rings. The Morgan fingerprint density at radius 3 is 2.28 bits per heavy atom. The van der Waals surface area contributed by atoms with E-state index in [1.807, 2.05) is 66.7 Å². The number of aryl methyl sites for hydroxylation is 1. The molecule has 0 saturated carbocycles. The van der Waals surface area contributed by atoms with E-state index in [-0.39, 0.29) is 5.91 Å². The molecular formula is C24H25NO3S. The zero-order chi connectivity index (χ0) is 20.6. The number of carbonyl (C=O) groups excluding carboxylic acids is 1. The molecule has 3 aromatic rings. The minimum absolute atomic E-state index is 0.270. The van der Waals surface area contributed by atoms with Crippen LogP contribution < -0.4 is 5.32 Å². The van der Waals surface area contributed by atoms with Crippen LogP contribution >= 0.6 is 12.6 Å². The first-order valence-electron chi connectivity index (χ1n) is 9.72. The van der Waals surface area contributed by atoms with Crippen molar-refractivity contribution < 1.29 is 14.7 Å². The normalized spacial score (nSPS) is 13.0. The van der Waals surface area contributed by atoms with Gasteiger partial charge in [-0.25, -0.2) is 4.79 Å². The van der Waals surface area contributed by atoms with Crippen molar-refractivity contribution in [3.05, 3.63) is 83.9 Å². The van der Waals surface area contributed by atoms with Crippen LogP contribution in [0.5, 0.6) is 0 Å². The lowest BCUT2D eigenvalue weighted by molar-refractivity contribution is -0.142. The smallest absolute Gasteiger partial charge is 0.326 e. The highest BCUT2D eigenvalue weighted by Crippen LogP contribution is 2.19. The van der Waals surface area contributed by atoms with Gasteiger partial charge in [0.25, 0.3) is 0 Å². The number of fused-ring (bicyclic) bond motifs is 1. The highest BCUT2D eigenvalue weighted by molar-refractivity contribution is 7.80. The predicted molar refractivity (Wildman–Crippen MR) is 119 cm³/mol. The summed E-state index contributed by atoms with van der Waals surface area (Å²) in [5, 5.41) is 14.5. The maximum absolute atomic E-state index is 12.7. The summed E-state index contributed by atoms with van der Waals surface area (Å²) in [7, 11) is 0. The first-order valence-corrected chi connectivity index (χ1v) is 10.4. The van der Waals surface area contributed by atoms with Crippen LogP contribution in [0, 0.1) is 5.92 Å². The third kappa shape index (κ3) is 5.84. The molecule has 0 fully saturated rings. The molecule has 3 aromatic carbocycles. The Kier molecular flexibility index (Phi) is 7.30. The second kappa shape index (κ2) is 10.1. The molecule has 0 aliphatic heterocycles. The molecule has 0 spiro atoms. The molecule has 2 atom stereocenters. The maximum atomic E-state index is 12.7. The van der Waals surface area contributed by atoms with E-state index in [0.717, 1.165) is 21.9 Å². The topological polar surface area (TPSA) is 66.4 Å². The molecule has 0 aliphatic carbocycles. The van der Waals surface area contributed by atoms with Gasteiger partial charge >= 0.3 is 5.97 Å². The Morgan fingerprint density at radius 1 is 0.897 bits per heavy atom. The molecule has 0 bridgehead atoms. The van der Waals surface area contributed by atoms with Crippen LogP contribution in [0.1, 0.15) is 17.5 Å². The number of carboxylic acids is 1. The molecule has 0 radical (unpaired) electrons. The number of hydrogen-bond acceptors (Lipinski definition) is 3. The number of carboxylic acid groups (broad SMARTS) is 1. The fraction of sp³-hybridized carbons (Fsp3) is 0.250. The van der Waals surface area contributed by atoms with Crippen LogP contribution in [0.25, 0.3) is 10.8 Å². The van der Waals surface area contributed by atoms with Gasteiger partial charge in [-0.15, -0.1) is 0 Å². The zero-order valence-corrected chi connectivity index (χ0v) is 17.0. The van der Waals surface area contributed by atoms with Gasteiger partial charge in [-0.1, -0.05) is 72.8 Å². The second-order valence-electron chi connectivity index (χ2n) is 7.19. The summed E-state index contributed by atoms with van der Waals surface area (Å²) in [6, 6.07) is 22.9. The van der Waals surface area contributed by atoms with Crippen molar-refractivity contribution in [2.45, 2.75) is 25.3 Å². The molecule has 29 heavy (non-hydrogen) atoms. The number of hydrogen-bond donors (Lipinski definition) is 3. The zero-order valence-electron chi connectivity index (χ0n) is 16.1.